The third-order valence-electron chi connectivity index (χ3n) is 0. The van der Waals surface area contributed by atoms with E-state index in [9.17, 15) is 0 Å². The highest BCUT2D eigenvalue weighted by atomic mass is 13.4. The van der Waals surface area contributed by atoms with Crippen LogP contribution in [0.3, 0.4) is 0 Å². The molecular formula is C10H24. The molecule has 0 rings (SSSR count). The number of rotatable bonds is 0. The van der Waals surface area contributed by atoms with Crippen molar-refractivity contribution in [1.29, 1.82) is 0 Å². The van der Waals surface area contributed by atoms with E-state index in [0.29, 0.717) is 0 Å². The highest BCUT2D eigenvalue weighted by Crippen LogP contribution is 1.56. The molecule has 0 bridgehead atoms. The Kier molecular flexibility index (Phi) is 17000. The van der Waals surface area contributed by atoms with Gasteiger partial charge in [0.1, 0.15) is 0 Å². The molecule has 0 heteroatoms. The quantitative estimate of drug-likeness (QED) is 0.354. The fourth-order valence-corrected chi connectivity index (χ4v) is 0. The maximum Gasteiger partial charge on any atom is -0.0590 e. The maximum absolute atomic E-state index is 4.00. The number of terminal acetylenes is 1. The Morgan fingerprint density at radius 1 is 1.00 bits per heavy atom. The molecule has 0 saturated carbocycles. The first-order chi connectivity index (χ1) is 4.41. The van der Waals surface area contributed by atoms with Crippen LogP contribution in [0.4, 0.5) is 0 Å². The zero-order valence-electron chi connectivity index (χ0n) is 7.28. The Labute approximate surface area is 68.4 Å². The summed E-state index contributed by atoms with van der Waals surface area (Å²) in [6.07, 6.45) is 9.25. The Hall–Kier alpha value is -0.700. The molecule has 0 aliphatic heterocycles. The van der Waals surface area contributed by atoms with E-state index >= 15 is 0 Å². The first kappa shape index (κ1) is 34.6. The van der Waals surface area contributed by atoms with Crippen LogP contribution in [-0.4, -0.2) is 0 Å². The molecule has 0 aliphatic rings. The van der Waals surface area contributed by atoms with Gasteiger partial charge in [0.2, 0.25) is 0 Å². The van der Waals surface area contributed by atoms with Crippen LogP contribution in [0.25, 0.3) is 0 Å². The topological polar surface area (TPSA) is 0 Å². The van der Waals surface area contributed by atoms with Crippen LogP contribution >= 0.6 is 0 Å². The minimum absolute atomic E-state index is 0. The molecule has 0 unspecified atom stereocenters. The molecule has 0 atom stereocenters. The number of hydrogen-bond acceptors (Lipinski definition) is 0. The van der Waals surface area contributed by atoms with Gasteiger partial charge in [0.15, 0.2) is 0 Å². The lowest BCUT2D eigenvalue weighted by Crippen LogP contribution is -1.27. The van der Waals surface area contributed by atoms with Crippen molar-refractivity contribution in [1.82, 2.24) is 0 Å². The van der Waals surface area contributed by atoms with Gasteiger partial charge >= 0.3 is 0 Å². The van der Waals surface area contributed by atoms with Gasteiger partial charge in [-0.2, -0.15) is 0 Å². The fourth-order valence-electron chi connectivity index (χ4n) is 0. The summed E-state index contributed by atoms with van der Waals surface area (Å²) >= 11 is 0. The maximum atomic E-state index is 4.00. The van der Waals surface area contributed by atoms with Crippen molar-refractivity contribution < 1.29 is 0 Å². The van der Waals surface area contributed by atoms with Gasteiger partial charge in [0.25, 0.3) is 0 Å². The first-order valence-electron chi connectivity index (χ1n) is 3.25. The second kappa shape index (κ2) is 4910. The largest absolute Gasteiger partial charge is 0.124 e. The average Bonchev–Trinajstić information content (AvgIpc) is 2.01. The van der Waals surface area contributed by atoms with Crippen LogP contribution < -0.4 is 0 Å². The standard InChI is InChI=1S/C3H8.C2H6.C2H4.C2H2.CH4/c1-3-2;3*1-2;/h3H2,1-2H3;1-2H3;1-2H2;1-2H;1H4. The first-order valence-corrected chi connectivity index (χ1v) is 3.25. The van der Waals surface area contributed by atoms with Crippen molar-refractivity contribution in [3.63, 3.8) is 0 Å². The van der Waals surface area contributed by atoms with Crippen LogP contribution in [0, 0.1) is 12.8 Å². The van der Waals surface area contributed by atoms with Crippen molar-refractivity contribution >= 4 is 0 Å². The molecule has 0 saturated heterocycles. The summed E-state index contributed by atoms with van der Waals surface area (Å²) < 4.78 is 0. The molecule has 0 amide bonds. The minimum Gasteiger partial charge on any atom is -0.124 e. The van der Waals surface area contributed by atoms with Gasteiger partial charge in [0, 0.05) is 0 Å². The van der Waals surface area contributed by atoms with Crippen LogP contribution in [0.5, 0.6) is 0 Å². The second-order valence-electron chi connectivity index (χ2n) is 0.707. The summed E-state index contributed by atoms with van der Waals surface area (Å²) in [5.41, 5.74) is 0. The zero-order chi connectivity index (χ0) is 8.71. The van der Waals surface area contributed by atoms with Crippen molar-refractivity contribution in [3.05, 3.63) is 13.2 Å². The van der Waals surface area contributed by atoms with Gasteiger partial charge in [0.05, 0.1) is 0 Å². The average molecular weight is 144 g/mol. The second-order valence-corrected chi connectivity index (χ2v) is 0.707. The summed E-state index contributed by atoms with van der Waals surface area (Å²) in [7, 11) is 0. The molecule has 64 valence electrons. The molecule has 10 heavy (non-hydrogen) atoms. The normalized spacial score (nSPS) is 3.00. The lowest BCUT2D eigenvalue weighted by atomic mass is 10.6. The van der Waals surface area contributed by atoms with E-state index in [0.717, 1.165) is 0 Å². The molecule has 0 aromatic carbocycles. The Balaban J connectivity index is -0.0000000110. The minimum atomic E-state index is 0. The van der Waals surface area contributed by atoms with Crippen molar-refractivity contribution in [3.8, 4) is 12.8 Å². The van der Waals surface area contributed by atoms with Gasteiger partial charge in [-0.3, -0.25) is 0 Å². The van der Waals surface area contributed by atoms with E-state index in [1.807, 2.05) is 13.8 Å². The van der Waals surface area contributed by atoms with Crippen molar-refractivity contribution in [2.24, 2.45) is 0 Å². The van der Waals surface area contributed by atoms with Crippen LogP contribution in [0.15, 0.2) is 13.2 Å². The molecule has 0 N–H and O–H groups in total. The smallest absolute Gasteiger partial charge is 0.0590 e. The molecule has 0 heterocycles. The van der Waals surface area contributed by atoms with Gasteiger partial charge < -0.3 is 0 Å². The van der Waals surface area contributed by atoms with Gasteiger partial charge in [-0.1, -0.05) is 41.5 Å². The highest BCUT2D eigenvalue weighted by Gasteiger charge is 1.35. The summed E-state index contributed by atoms with van der Waals surface area (Å²) in [5, 5.41) is 0. The van der Waals surface area contributed by atoms with Crippen LogP contribution in [-0.2, 0) is 0 Å². The molecule has 0 aromatic heterocycles. The Bertz CT molecular complexity index is 18.5. The Morgan fingerprint density at radius 2 is 1.00 bits per heavy atom. The predicted molar refractivity (Wildman–Crippen MR) is 55.2 cm³/mol. The van der Waals surface area contributed by atoms with E-state index in [1.54, 1.807) is 0 Å². The molecule has 0 spiro atoms. The van der Waals surface area contributed by atoms with E-state index in [-0.39, 0.29) is 7.43 Å². The van der Waals surface area contributed by atoms with E-state index in [2.05, 4.69) is 39.9 Å². The summed E-state index contributed by atoms with van der Waals surface area (Å²) in [5.74, 6) is 0. The zero-order valence-corrected chi connectivity index (χ0v) is 7.28. The molecule has 0 radical (unpaired) electrons. The number of hydrogen-bond donors (Lipinski definition) is 0. The Morgan fingerprint density at radius 3 is 1.00 bits per heavy atom. The highest BCUT2D eigenvalue weighted by molar-refractivity contribution is 4.47. The third-order valence-corrected chi connectivity index (χ3v) is 0. The predicted octanol–water partition coefficient (Wildman–Crippen LogP) is 4.13. The van der Waals surface area contributed by atoms with Crippen molar-refractivity contribution in [2.75, 3.05) is 0 Å². The monoisotopic (exact) mass is 144 g/mol. The lowest BCUT2D eigenvalue weighted by molar-refractivity contribution is 1.09. The van der Waals surface area contributed by atoms with Gasteiger partial charge in [-0.15, -0.1) is 26.0 Å². The molecule has 0 nitrogen and oxygen atoms in total. The summed E-state index contributed by atoms with van der Waals surface area (Å²) in [4.78, 5) is 0. The molecular weight excluding hydrogens is 120 g/mol. The lowest BCUT2D eigenvalue weighted by Gasteiger charge is -1.48. The SMILES string of the molecule is C.C#C.C=C.CC.CCC. The van der Waals surface area contributed by atoms with Crippen LogP contribution in [0.1, 0.15) is 41.5 Å². The molecule has 0 aliphatic carbocycles. The van der Waals surface area contributed by atoms with E-state index in [1.165, 1.54) is 6.42 Å². The van der Waals surface area contributed by atoms with E-state index < -0.39 is 0 Å². The van der Waals surface area contributed by atoms with Crippen LogP contribution in [0.2, 0.25) is 0 Å². The van der Waals surface area contributed by atoms with Crippen molar-refractivity contribution in [2.45, 2.75) is 41.5 Å². The summed E-state index contributed by atoms with van der Waals surface area (Å²) in [6.45, 7) is 14.2. The molecule has 0 aromatic rings. The molecule has 0 fully saturated rings. The summed E-state index contributed by atoms with van der Waals surface area (Å²) in [6, 6.07) is 0. The third kappa shape index (κ3) is 591. The van der Waals surface area contributed by atoms with Gasteiger partial charge in [-0.05, 0) is 0 Å². The van der Waals surface area contributed by atoms with E-state index in [4.69, 9.17) is 0 Å². The fraction of sp³-hybridized carbons (Fsp3) is 0.600. The van der Waals surface area contributed by atoms with Gasteiger partial charge in [-0.25, -0.2) is 0 Å².